The molecular formula is C18H30N2O5S. The number of carbonyl (C=O) groups is 1. The predicted molar refractivity (Wildman–Crippen MR) is 102 cm³/mol. The second-order valence-electron chi connectivity index (χ2n) is 6.83. The lowest BCUT2D eigenvalue weighted by Crippen LogP contribution is -2.36. The van der Waals surface area contributed by atoms with Crippen LogP contribution in [0.3, 0.4) is 0 Å². The van der Waals surface area contributed by atoms with E-state index in [1.165, 1.54) is 7.11 Å². The van der Waals surface area contributed by atoms with E-state index in [2.05, 4.69) is 14.4 Å². The van der Waals surface area contributed by atoms with Crippen molar-refractivity contribution < 1.29 is 23.2 Å². The molecule has 26 heavy (non-hydrogen) atoms. The molecule has 1 rings (SSSR count). The number of carbonyl (C=O) groups excluding carboxylic acids is 1. The molecule has 1 heterocycles. The molecule has 0 bridgehead atoms. The van der Waals surface area contributed by atoms with Crippen LogP contribution in [0.15, 0.2) is 12.4 Å². The van der Waals surface area contributed by atoms with Crippen molar-refractivity contribution in [2.75, 3.05) is 21.3 Å². The van der Waals surface area contributed by atoms with Crippen LogP contribution in [0.1, 0.15) is 58.1 Å². The number of esters is 1. The zero-order valence-electron chi connectivity index (χ0n) is 16.5. The van der Waals surface area contributed by atoms with Gasteiger partial charge in [0.05, 0.1) is 61.1 Å². The maximum absolute atomic E-state index is 12.7. The maximum atomic E-state index is 12.7. The number of hydrogen-bond acceptors (Lipinski definition) is 6. The Labute approximate surface area is 158 Å². The molecule has 1 aromatic rings. The van der Waals surface area contributed by atoms with E-state index >= 15 is 0 Å². The molecule has 0 aliphatic heterocycles. The van der Waals surface area contributed by atoms with E-state index in [-0.39, 0.29) is 12.0 Å². The topological polar surface area (TPSA) is 86.8 Å². The van der Waals surface area contributed by atoms with Crippen LogP contribution in [0.2, 0.25) is 0 Å². The van der Waals surface area contributed by atoms with E-state index in [1.54, 1.807) is 26.6 Å². The molecule has 0 fully saturated rings. The van der Waals surface area contributed by atoms with Gasteiger partial charge in [-0.3, -0.25) is 9.78 Å². The summed E-state index contributed by atoms with van der Waals surface area (Å²) in [6.45, 7) is 5.72. The fraction of sp³-hybridized carbons (Fsp3) is 0.667. The SMILES string of the molecule is COC(=O)CCCCC(NS(=O)C(C)(C)C)c1c(OC)cncc1OC. The van der Waals surface area contributed by atoms with Crippen LogP contribution >= 0.6 is 0 Å². The Bertz CT molecular complexity index is 594. The van der Waals surface area contributed by atoms with Crippen molar-refractivity contribution in [2.45, 2.75) is 57.2 Å². The van der Waals surface area contributed by atoms with Crippen molar-refractivity contribution in [3.05, 3.63) is 18.0 Å². The lowest BCUT2D eigenvalue weighted by Gasteiger charge is -2.26. The van der Waals surface area contributed by atoms with Gasteiger partial charge in [0.15, 0.2) is 0 Å². The van der Waals surface area contributed by atoms with Gasteiger partial charge in [-0.25, -0.2) is 8.93 Å². The minimum absolute atomic E-state index is 0.230. The first-order chi connectivity index (χ1) is 12.2. The molecule has 2 unspecified atom stereocenters. The maximum Gasteiger partial charge on any atom is 0.305 e. The molecule has 0 aliphatic carbocycles. The highest BCUT2D eigenvalue weighted by atomic mass is 32.2. The molecule has 0 radical (unpaired) electrons. The van der Waals surface area contributed by atoms with Gasteiger partial charge in [-0.2, -0.15) is 0 Å². The molecule has 1 N–H and O–H groups in total. The molecule has 1 aromatic heterocycles. The zero-order chi connectivity index (χ0) is 19.7. The van der Waals surface area contributed by atoms with Crippen molar-refractivity contribution in [2.24, 2.45) is 0 Å². The van der Waals surface area contributed by atoms with Crippen molar-refractivity contribution >= 4 is 17.0 Å². The second kappa shape index (κ2) is 10.5. The molecule has 7 nitrogen and oxygen atoms in total. The number of methoxy groups -OCH3 is 3. The molecule has 0 aliphatic rings. The first-order valence-corrected chi connectivity index (χ1v) is 9.70. The average molecular weight is 387 g/mol. The highest BCUT2D eigenvalue weighted by Crippen LogP contribution is 2.36. The normalized spacial score (nSPS) is 13.8. The largest absolute Gasteiger partial charge is 0.495 e. The van der Waals surface area contributed by atoms with Crippen molar-refractivity contribution in [3.8, 4) is 11.5 Å². The summed E-state index contributed by atoms with van der Waals surface area (Å²) in [6, 6.07) is -0.263. The summed E-state index contributed by atoms with van der Waals surface area (Å²) in [5, 5.41) is 0. The third-order valence-corrected chi connectivity index (χ3v) is 5.47. The summed E-state index contributed by atoms with van der Waals surface area (Å²) in [7, 11) is 3.23. The third kappa shape index (κ3) is 6.57. The molecule has 0 spiro atoms. The molecule has 0 saturated carbocycles. The van der Waals surface area contributed by atoms with E-state index < -0.39 is 15.7 Å². The average Bonchev–Trinajstić information content (AvgIpc) is 2.62. The van der Waals surface area contributed by atoms with Gasteiger partial charge in [0.1, 0.15) is 11.5 Å². The number of pyridine rings is 1. The Morgan fingerprint density at radius 1 is 1.15 bits per heavy atom. The Kier molecular flexibility index (Phi) is 9.01. The van der Waals surface area contributed by atoms with Gasteiger partial charge in [-0.15, -0.1) is 0 Å². The van der Waals surface area contributed by atoms with Crippen LogP contribution < -0.4 is 14.2 Å². The van der Waals surface area contributed by atoms with Crippen LogP contribution in [-0.4, -0.2) is 41.2 Å². The predicted octanol–water partition coefficient (Wildman–Crippen LogP) is 2.93. The summed E-state index contributed by atoms with van der Waals surface area (Å²) in [6.07, 6.45) is 5.68. The monoisotopic (exact) mass is 386 g/mol. The van der Waals surface area contributed by atoms with E-state index in [1.807, 2.05) is 20.8 Å². The lowest BCUT2D eigenvalue weighted by molar-refractivity contribution is -0.140. The number of unbranched alkanes of at least 4 members (excludes halogenated alkanes) is 1. The fourth-order valence-corrected chi connectivity index (χ4v) is 3.24. The fourth-order valence-electron chi connectivity index (χ4n) is 2.39. The minimum atomic E-state index is -1.28. The summed E-state index contributed by atoms with van der Waals surface area (Å²) >= 11 is 0. The van der Waals surface area contributed by atoms with Crippen LogP contribution in [0.4, 0.5) is 0 Å². The zero-order valence-corrected chi connectivity index (χ0v) is 17.3. The highest BCUT2D eigenvalue weighted by Gasteiger charge is 2.27. The molecule has 8 heteroatoms. The number of aromatic nitrogens is 1. The number of nitrogens with one attached hydrogen (secondary N) is 1. The summed E-state index contributed by atoms with van der Waals surface area (Å²) in [5.74, 6) is 0.910. The first-order valence-electron chi connectivity index (χ1n) is 8.55. The molecular weight excluding hydrogens is 356 g/mol. The second-order valence-corrected chi connectivity index (χ2v) is 8.83. The number of ether oxygens (including phenoxy) is 3. The smallest absolute Gasteiger partial charge is 0.305 e. The van der Waals surface area contributed by atoms with E-state index in [0.717, 1.165) is 12.0 Å². The summed E-state index contributed by atoms with van der Waals surface area (Å²) in [5.41, 5.74) is 0.778. The summed E-state index contributed by atoms with van der Waals surface area (Å²) in [4.78, 5) is 15.4. The number of rotatable bonds is 10. The third-order valence-electron chi connectivity index (χ3n) is 3.86. The van der Waals surface area contributed by atoms with Crippen LogP contribution in [-0.2, 0) is 20.5 Å². The van der Waals surface area contributed by atoms with Gasteiger partial charge in [-0.05, 0) is 33.6 Å². The van der Waals surface area contributed by atoms with E-state index in [0.29, 0.717) is 30.8 Å². The van der Waals surface area contributed by atoms with Gasteiger partial charge >= 0.3 is 5.97 Å². The van der Waals surface area contributed by atoms with Gasteiger partial charge in [-0.1, -0.05) is 6.42 Å². The van der Waals surface area contributed by atoms with Gasteiger partial charge in [0.2, 0.25) is 0 Å². The van der Waals surface area contributed by atoms with Crippen molar-refractivity contribution in [1.82, 2.24) is 9.71 Å². The Morgan fingerprint density at radius 2 is 1.73 bits per heavy atom. The molecule has 0 aromatic carbocycles. The highest BCUT2D eigenvalue weighted by molar-refractivity contribution is 7.84. The molecule has 148 valence electrons. The summed E-state index contributed by atoms with van der Waals surface area (Å²) < 4.78 is 31.0. The number of hydrogen-bond donors (Lipinski definition) is 1. The van der Waals surface area contributed by atoms with Crippen LogP contribution in [0.5, 0.6) is 11.5 Å². The van der Waals surface area contributed by atoms with Gasteiger partial charge in [0.25, 0.3) is 0 Å². The number of nitrogens with zero attached hydrogens (tertiary/aromatic N) is 1. The Morgan fingerprint density at radius 3 is 2.19 bits per heavy atom. The molecule has 0 amide bonds. The Hall–Kier alpha value is -1.67. The van der Waals surface area contributed by atoms with E-state index in [4.69, 9.17) is 9.47 Å². The molecule has 2 atom stereocenters. The minimum Gasteiger partial charge on any atom is -0.495 e. The quantitative estimate of drug-likeness (QED) is 0.491. The molecule has 0 saturated heterocycles. The standard InChI is InChI=1S/C18H30N2O5S/c1-18(2,3)26(22)20-13(9-7-8-10-16(21)25-6)17-14(23-4)11-19-12-15(17)24-5/h11-13,20H,7-10H2,1-6H3. The Balaban J connectivity index is 3.04. The first kappa shape index (κ1) is 22.4. The van der Waals surface area contributed by atoms with Gasteiger partial charge in [0, 0.05) is 6.42 Å². The van der Waals surface area contributed by atoms with Crippen molar-refractivity contribution in [1.29, 1.82) is 0 Å². The van der Waals surface area contributed by atoms with E-state index in [9.17, 15) is 9.00 Å². The van der Waals surface area contributed by atoms with Crippen LogP contribution in [0.25, 0.3) is 0 Å². The van der Waals surface area contributed by atoms with Crippen molar-refractivity contribution in [3.63, 3.8) is 0 Å². The van der Waals surface area contributed by atoms with Gasteiger partial charge < -0.3 is 14.2 Å². The van der Waals surface area contributed by atoms with Crippen LogP contribution in [0, 0.1) is 0 Å². The lowest BCUT2D eigenvalue weighted by atomic mass is 10.0.